The van der Waals surface area contributed by atoms with E-state index in [1.54, 1.807) is 10.9 Å². The van der Waals surface area contributed by atoms with E-state index in [-0.39, 0.29) is 0 Å². The number of furan rings is 1. The minimum atomic E-state index is 0.428. The highest BCUT2D eigenvalue weighted by Gasteiger charge is 2.08. The van der Waals surface area contributed by atoms with Gasteiger partial charge >= 0.3 is 0 Å². The zero-order valence-electron chi connectivity index (χ0n) is 11.8. The van der Waals surface area contributed by atoms with Gasteiger partial charge in [0.15, 0.2) is 0 Å². The maximum absolute atomic E-state index is 6.27. The molecule has 3 aromatic rings. The van der Waals surface area contributed by atoms with Gasteiger partial charge in [-0.1, -0.05) is 11.6 Å². The molecule has 0 bridgehead atoms. The van der Waals surface area contributed by atoms with Gasteiger partial charge in [-0.05, 0) is 43.3 Å². The Kier molecular flexibility index (Phi) is 3.71. The Morgan fingerprint density at radius 1 is 1.29 bits per heavy atom. The average Bonchev–Trinajstić information content (AvgIpc) is 3.07. The lowest BCUT2D eigenvalue weighted by molar-refractivity contribution is 0.295. The molecule has 108 valence electrons. The van der Waals surface area contributed by atoms with Crippen molar-refractivity contribution in [1.82, 2.24) is 9.78 Å². The zero-order chi connectivity index (χ0) is 14.8. The third-order valence-corrected chi connectivity index (χ3v) is 3.51. The van der Waals surface area contributed by atoms with Crippen molar-refractivity contribution in [2.24, 2.45) is 7.05 Å². The Hall–Kier alpha value is -2.20. The molecule has 0 N–H and O–H groups in total. The van der Waals surface area contributed by atoms with E-state index < -0.39 is 0 Å². The molecule has 0 fully saturated rings. The van der Waals surface area contributed by atoms with Gasteiger partial charge in [0.1, 0.15) is 18.1 Å². The number of ether oxygens (including phenoxy) is 1. The van der Waals surface area contributed by atoms with Crippen molar-refractivity contribution in [1.29, 1.82) is 0 Å². The summed E-state index contributed by atoms with van der Waals surface area (Å²) in [7, 11) is 1.90. The molecule has 0 aliphatic carbocycles. The lowest BCUT2D eigenvalue weighted by atomic mass is 10.1. The van der Waals surface area contributed by atoms with E-state index in [2.05, 4.69) is 5.10 Å². The smallest absolute Gasteiger partial charge is 0.138 e. The van der Waals surface area contributed by atoms with Gasteiger partial charge < -0.3 is 9.15 Å². The van der Waals surface area contributed by atoms with Crippen LogP contribution in [0.5, 0.6) is 5.75 Å². The van der Waals surface area contributed by atoms with Crippen molar-refractivity contribution in [3.8, 4) is 17.1 Å². The summed E-state index contributed by atoms with van der Waals surface area (Å²) in [5, 5.41) is 4.84. The van der Waals surface area contributed by atoms with Gasteiger partial charge in [0, 0.05) is 12.6 Å². The molecule has 5 heteroatoms. The van der Waals surface area contributed by atoms with Gasteiger partial charge in [-0.15, -0.1) is 0 Å². The second-order valence-electron chi connectivity index (χ2n) is 4.81. The zero-order valence-corrected chi connectivity index (χ0v) is 12.6. The molecule has 0 atom stereocenters. The highest BCUT2D eigenvalue weighted by atomic mass is 35.5. The van der Waals surface area contributed by atoms with Crippen LogP contribution in [-0.2, 0) is 13.7 Å². The second kappa shape index (κ2) is 5.66. The van der Waals surface area contributed by atoms with E-state index in [4.69, 9.17) is 20.8 Å². The Morgan fingerprint density at radius 2 is 2.14 bits per heavy atom. The third-order valence-electron chi connectivity index (χ3n) is 3.21. The van der Waals surface area contributed by atoms with E-state index in [1.807, 2.05) is 50.4 Å². The fourth-order valence-electron chi connectivity index (χ4n) is 2.16. The van der Waals surface area contributed by atoms with Crippen LogP contribution < -0.4 is 4.74 Å². The number of aromatic nitrogens is 2. The highest BCUT2D eigenvalue weighted by molar-refractivity contribution is 6.32. The maximum Gasteiger partial charge on any atom is 0.138 e. The molecule has 0 radical (unpaired) electrons. The van der Waals surface area contributed by atoms with Crippen LogP contribution in [0.3, 0.4) is 0 Å². The number of hydrogen-bond donors (Lipinski definition) is 0. The molecule has 0 spiro atoms. The van der Waals surface area contributed by atoms with E-state index in [9.17, 15) is 0 Å². The third kappa shape index (κ3) is 2.95. The first-order chi connectivity index (χ1) is 10.1. The number of benzene rings is 1. The van der Waals surface area contributed by atoms with Crippen LogP contribution >= 0.6 is 11.6 Å². The van der Waals surface area contributed by atoms with Crippen molar-refractivity contribution in [2.75, 3.05) is 0 Å². The van der Waals surface area contributed by atoms with Gasteiger partial charge in [-0.3, -0.25) is 4.68 Å². The molecule has 0 unspecified atom stereocenters. The summed E-state index contributed by atoms with van der Waals surface area (Å²) in [6.45, 7) is 2.38. The van der Waals surface area contributed by atoms with Crippen LogP contribution in [0.4, 0.5) is 0 Å². The molecule has 0 aliphatic heterocycles. The Balaban J connectivity index is 1.76. The number of halogens is 1. The van der Waals surface area contributed by atoms with Gasteiger partial charge in [0.05, 0.1) is 22.7 Å². The summed E-state index contributed by atoms with van der Waals surface area (Å²) in [4.78, 5) is 0. The largest absolute Gasteiger partial charge is 0.486 e. The summed E-state index contributed by atoms with van der Waals surface area (Å²) in [6.07, 6.45) is 1.64. The van der Waals surface area contributed by atoms with Crippen LogP contribution in [-0.4, -0.2) is 9.78 Å². The van der Waals surface area contributed by atoms with E-state index >= 15 is 0 Å². The van der Waals surface area contributed by atoms with Crippen molar-refractivity contribution in [3.63, 3.8) is 0 Å². The fraction of sp³-hybridized carbons (Fsp3) is 0.188. The first-order valence-corrected chi connectivity index (χ1v) is 6.97. The van der Waals surface area contributed by atoms with Gasteiger partial charge in [0.25, 0.3) is 0 Å². The summed E-state index contributed by atoms with van der Waals surface area (Å²) in [6, 6.07) is 11.3. The predicted octanol–water partition coefficient (Wildman–Crippen LogP) is 4.22. The van der Waals surface area contributed by atoms with Crippen LogP contribution in [0.1, 0.15) is 11.4 Å². The molecular weight excluding hydrogens is 288 g/mol. The maximum atomic E-state index is 6.27. The molecule has 3 rings (SSSR count). The SMILES string of the molecule is Cc1cc(COc2ccc(-c3ccco3)cc2Cl)n(C)n1. The standard InChI is InChI=1S/C16H15ClN2O2/c1-11-8-13(19(2)18-11)10-21-16-6-5-12(9-14(16)17)15-4-3-7-20-15/h3-9H,10H2,1-2H3. The van der Waals surface area contributed by atoms with Crippen molar-refractivity contribution in [3.05, 3.63) is 59.1 Å². The number of nitrogens with zero attached hydrogens (tertiary/aromatic N) is 2. The fourth-order valence-corrected chi connectivity index (χ4v) is 2.40. The molecule has 0 aliphatic rings. The van der Waals surface area contributed by atoms with Crippen molar-refractivity contribution < 1.29 is 9.15 Å². The summed E-state index contributed by atoms with van der Waals surface area (Å²) in [5.41, 5.74) is 2.89. The molecule has 4 nitrogen and oxygen atoms in total. The van der Waals surface area contributed by atoms with Crippen LogP contribution in [0, 0.1) is 6.92 Å². The normalized spacial score (nSPS) is 10.8. The quantitative estimate of drug-likeness (QED) is 0.724. The first kappa shape index (κ1) is 13.8. The summed E-state index contributed by atoms with van der Waals surface area (Å²) >= 11 is 6.27. The van der Waals surface area contributed by atoms with E-state index in [1.165, 1.54) is 0 Å². The molecule has 0 amide bonds. The molecule has 21 heavy (non-hydrogen) atoms. The lowest BCUT2D eigenvalue weighted by Crippen LogP contribution is -2.03. The predicted molar refractivity (Wildman–Crippen MR) is 81.4 cm³/mol. The van der Waals surface area contributed by atoms with Crippen LogP contribution in [0.2, 0.25) is 5.02 Å². The molecule has 0 saturated heterocycles. The van der Waals surface area contributed by atoms with Gasteiger partial charge in [0.2, 0.25) is 0 Å². The average molecular weight is 303 g/mol. The number of rotatable bonds is 4. The Labute approximate surface area is 127 Å². The van der Waals surface area contributed by atoms with Crippen molar-refractivity contribution in [2.45, 2.75) is 13.5 Å². The van der Waals surface area contributed by atoms with E-state index in [0.717, 1.165) is 22.7 Å². The highest BCUT2D eigenvalue weighted by Crippen LogP contribution is 2.31. The topological polar surface area (TPSA) is 40.2 Å². The van der Waals surface area contributed by atoms with Gasteiger partial charge in [-0.2, -0.15) is 5.10 Å². The number of hydrogen-bond acceptors (Lipinski definition) is 3. The minimum absolute atomic E-state index is 0.428. The molecular formula is C16H15ClN2O2. The second-order valence-corrected chi connectivity index (χ2v) is 5.22. The summed E-state index contributed by atoms with van der Waals surface area (Å²) < 4.78 is 12.9. The minimum Gasteiger partial charge on any atom is -0.486 e. The first-order valence-electron chi connectivity index (χ1n) is 6.59. The van der Waals surface area contributed by atoms with Crippen LogP contribution in [0.15, 0.2) is 47.1 Å². The summed E-state index contributed by atoms with van der Waals surface area (Å²) in [5.74, 6) is 1.43. The van der Waals surface area contributed by atoms with E-state index in [0.29, 0.717) is 17.4 Å². The Morgan fingerprint density at radius 3 is 2.76 bits per heavy atom. The number of aryl methyl sites for hydroxylation is 2. The Bertz CT molecular complexity index is 748. The molecule has 1 aromatic carbocycles. The molecule has 2 aromatic heterocycles. The molecule has 2 heterocycles. The molecule has 0 saturated carbocycles. The lowest BCUT2D eigenvalue weighted by Gasteiger charge is -2.09. The van der Waals surface area contributed by atoms with Gasteiger partial charge in [-0.25, -0.2) is 0 Å². The monoisotopic (exact) mass is 302 g/mol. The van der Waals surface area contributed by atoms with Crippen molar-refractivity contribution >= 4 is 11.6 Å². The van der Waals surface area contributed by atoms with Crippen LogP contribution in [0.25, 0.3) is 11.3 Å².